The van der Waals surface area contributed by atoms with Gasteiger partial charge in [-0.2, -0.15) is 0 Å². The fourth-order valence-corrected chi connectivity index (χ4v) is 2.89. The summed E-state index contributed by atoms with van der Waals surface area (Å²) in [6.45, 7) is 12.3. The summed E-state index contributed by atoms with van der Waals surface area (Å²) in [5, 5.41) is 0. The molecule has 0 unspecified atom stereocenters. The Morgan fingerprint density at radius 3 is 2.70 bits per heavy atom. The van der Waals surface area contributed by atoms with Crippen LogP contribution in [-0.4, -0.2) is 55.1 Å². The van der Waals surface area contributed by atoms with Crippen LogP contribution < -0.4 is 0 Å². The van der Waals surface area contributed by atoms with Crippen LogP contribution in [0.5, 0.6) is 0 Å². The SMILES string of the molecule is Cc1cccc(CN(CCN2CCOCC2)C(=O)CC(C)C)c1. The second-order valence-corrected chi connectivity index (χ2v) is 6.86. The summed E-state index contributed by atoms with van der Waals surface area (Å²) in [4.78, 5) is 17.0. The van der Waals surface area contributed by atoms with Crippen molar-refractivity contribution in [1.82, 2.24) is 9.80 Å². The molecule has 1 fully saturated rings. The molecule has 128 valence electrons. The average molecular weight is 318 g/mol. The molecule has 1 amide bonds. The van der Waals surface area contributed by atoms with Gasteiger partial charge in [0.05, 0.1) is 13.2 Å². The van der Waals surface area contributed by atoms with Crippen molar-refractivity contribution in [2.75, 3.05) is 39.4 Å². The summed E-state index contributed by atoms with van der Waals surface area (Å²) >= 11 is 0. The van der Waals surface area contributed by atoms with Gasteiger partial charge in [0.15, 0.2) is 0 Å². The van der Waals surface area contributed by atoms with Gasteiger partial charge in [0.2, 0.25) is 5.91 Å². The molecule has 4 nitrogen and oxygen atoms in total. The van der Waals surface area contributed by atoms with Crippen molar-refractivity contribution >= 4 is 5.91 Å². The van der Waals surface area contributed by atoms with Crippen molar-refractivity contribution < 1.29 is 9.53 Å². The van der Waals surface area contributed by atoms with Crippen molar-refractivity contribution in [3.05, 3.63) is 35.4 Å². The highest BCUT2D eigenvalue weighted by Gasteiger charge is 2.18. The van der Waals surface area contributed by atoms with Gasteiger partial charge in [-0.05, 0) is 18.4 Å². The number of hydrogen-bond acceptors (Lipinski definition) is 3. The Hall–Kier alpha value is -1.39. The van der Waals surface area contributed by atoms with Gasteiger partial charge in [0, 0.05) is 39.1 Å². The number of nitrogens with zero attached hydrogens (tertiary/aromatic N) is 2. The fourth-order valence-electron chi connectivity index (χ4n) is 2.89. The molecule has 4 heteroatoms. The fraction of sp³-hybridized carbons (Fsp3) is 0.632. The van der Waals surface area contributed by atoms with Gasteiger partial charge < -0.3 is 9.64 Å². The zero-order chi connectivity index (χ0) is 16.7. The van der Waals surface area contributed by atoms with Crippen LogP contribution in [0.4, 0.5) is 0 Å². The van der Waals surface area contributed by atoms with Crippen LogP contribution in [0.25, 0.3) is 0 Å². The Labute approximate surface area is 140 Å². The number of morpholine rings is 1. The highest BCUT2D eigenvalue weighted by molar-refractivity contribution is 5.76. The van der Waals surface area contributed by atoms with E-state index >= 15 is 0 Å². The van der Waals surface area contributed by atoms with Crippen molar-refractivity contribution in [2.24, 2.45) is 5.92 Å². The lowest BCUT2D eigenvalue weighted by molar-refractivity contribution is -0.133. The van der Waals surface area contributed by atoms with E-state index in [1.54, 1.807) is 0 Å². The van der Waals surface area contributed by atoms with Crippen molar-refractivity contribution in [3.63, 3.8) is 0 Å². The zero-order valence-corrected chi connectivity index (χ0v) is 14.8. The summed E-state index contributed by atoms with van der Waals surface area (Å²) < 4.78 is 5.39. The van der Waals surface area contributed by atoms with Crippen LogP contribution in [0.1, 0.15) is 31.4 Å². The minimum absolute atomic E-state index is 0.259. The Kier molecular flexibility index (Phi) is 7.06. The van der Waals surface area contributed by atoms with E-state index in [9.17, 15) is 4.79 Å². The normalized spacial score (nSPS) is 15.8. The number of benzene rings is 1. The smallest absolute Gasteiger partial charge is 0.223 e. The lowest BCUT2D eigenvalue weighted by Gasteiger charge is -2.30. The molecule has 0 spiro atoms. The molecule has 0 radical (unpaired) electrons. The zero-order valence-electron chi connectivity index (χ0n) is 14.8. The second-order valence-electron chi connectivity index (χ2n) is 6.86. The van der Waals surface area contributed by atoms with Crippen LogP contribution in [0.2, 0.25) is 0 Å². The molecule has 0 bridgehead atoms. The molecule has 23 heavy (non-hydrogen) atoms. The topological polar surface area (TPSA) is 32.8 Å². The number of ether oxygens (including phenoxy) is 1. The molecule has 0 atom stereocenters. The maximum atomic E-state index is 12.6. The van der Waals surface area contributed by atoms with E-state index in [1.807, 2.05) is 4.90 Å². The van der Waals surface area contributed by atoms with Crippen molar-refractivity contribution in [1.29, 1.82) is 0 Å². The third-order valence-corrected chi connectivity index (χ3v) is 4.18. The van der Waals surface area contributed by atoms with Crippen LogP contribution in [-0.2, 0) is 16.1 Å². The molecular formula is C19H30N2O2. The lowest BCUT2D eigenvalue weighted by atomic mass is 10.1. The lowest BCUT2D eigenvalue weighted by Crippen LogP contribution is -2.43. The molecule has 2 rings (SSSR count). The van der Waals surface area contributed by atoms with E-state index in [0.717, 1.165) is 39.4 Å². The van der Waals surface area contributed by atoms with Crippen LogP contribution in [0.3, 0.4) is 0 Å². The minimum Gasteiger partial charge on any atom is -0.379 e. The number of carbonyl (C=O) groups excluding carboxylic acids is 1. The molecule has 0 N–H and O–H groups in total. The Balaban J connectivity index is 1.97. The van der Waals surface area contributed by atoms with Gasteiger partial charge in [-0.3, -0.25) is 9.69 Å². The van der Waals surface area contributed by atoms with E-state index in [1.165, 1.54) is 11.1 Å². The Morgan fingerprint density at radius 1 is 1.30 bits per heavy atom. The molecule has 0 saturated carbocycles. The molecule has 1 heterocycles. The van der Waals surface area contributed by atoms with E-state index < -0.39 is 0 Å². The summed E-state index contributed by atoms with van der Waals surface area (Å²) in [7, 11) is 0. The predicted octanol–water partition coefficient (Wildman–Crippen LogP) is 2.70. The number of hydrogen-bond donors (Lipinski definition) is 0. The number of aryl methyl sites for hydroxylation is 1. The molecule has 1 aromatic carbocycles. The van der Waals surface area contributed by atoms with E-state index in [0.29, 0.717) is 18.9 Å². The number of carbonyl (C=O) groups is 1. The minimum atomic E-state index is 0.259. The molecule has 1 aliphatic rings. The summed E-state index contributed by atoms with van der Waals surface area (Å²) in [6, 6.07) is 8.44. The first kappa shape index (κ1) is 18.0. The van der Waals surface area contributed by atoms with Gasteiger partial charge in [0.25, 0.3) is 0 Å². The van der Waals surface area contributed by atoms with Crippen molar-refractivity contribution in [2.45, 2.75) is 33.7 Å². The van der Waals surface area contributed by atoms with Gasteiger partial charge in [-0.25, -0.2) is 0 Å². The quantitative estimate of drug-likeness (QED) is 0.775. The highest BCUT2D eigenvalue weighted by atomic mass is 16.5. The molecule has 1 aliphatic heterocycles. The third-order valence-electron chi connectivity index (χ3n) is 4.18. The van der Waals surface area contributed by atoms with Gasteiger partial charge in [0.1, 0.15) is 0 Å². The van der Waals surface area contributed by atoms with Crippen molar-refractivity contribution in [3.8, 4) is 0 Å². The third kappa shape index (κ3) is 6.32. The van der Waals surface area contributed by atoms with Crippen LogP contribution in [0.15, 0.2) is 24.3 Å². The van der Waals surface area contributed by atoms with E-state index in [-0.39, 0.29) is 5.91 Å². The van der Waals surface area contributed by atoms with Gasteiger partial charge in [-0.1, -0.05) is 43.7 Å². The maximum Gasteiger partial charge on any atom is 0.223 e. The van der Waals surface area contributed by atoms with Gasteiger partial charge >= 0.3 is 0 Å². The Bertz CT molecular complexity index is 496. The summed E-state index contributed by atoms with van der Waals surface area (Å²) in [5.41, 5.74) is 2.45. The highest BCUT2D eigenvalue weighted by Crippen LogP contribution is 2.12. The first-order chi connectivity index (χ1) is 11.0. The molecular weight excluding hydrogens is 288 g/mol. The van der Waals surface area contributed by atoms with Gasteiger partial charge in [-0.15, -0.1) is 0 Å². The standard InChI is InChI=1S/C19H30N2O2/c1-16(2)13-19(22)21(8-7-20-9-11-23-12-10-20)15-18-6-4-5-17(3)14-18/h4-6,14,16H,7-13,15H2,1-3H3. The van der Waals surface area contributed by atoms with Crippen LogP contribution >= 0.6 is 0 Å². The summed E-state index contributed by atoms with van der Waals surface area (Å²) in [6.07, 6.45) is 0.620. The first-order valence-electron chi connectivity index (χ1n) is 8.68. The van der Waals surface area contributed by atoms with E-state index in [2.05, 4.69) is 49.9 Å². The summed E-state index contributed by atoms with van der Waals surface area (Å²) in [5.74, 6) is 0.653. The predicted molar refractivity (Wildman–Crippen MR) is 93.3 cm³/mol. The molecule has 0 aliphatic carbocycles. The first-order valence-corrected chi connectivity index (χ1v) is 8.68. The van der Waals surface area contributed by atoms with E-state index in [4.69, 9.17) is 4.74 Å². The number of rotatable bonds is 7. The second kappa shape index (κ2) is 9.04. The monoisotopic (exact) mass is 318 g/mol. The Morgan fingerprint density at radius 2 is 2.04 bits per heavy atom. The maximum absolute atomic E-state index is 12.6. The van der Waals surface area contributed by atoms with Crippen LogP contribution in [0, 0.1) is 12.8 Å². The molecule has 0 aromatic heterocycles. The largest absolute Gasteiger partial charge is 0.379 e. The average Bonchev–Trinajstić information content (AvgIpc) is 2.51. The number of amides is 1. The molecule has 1 saturated heterocycles. The molecule has 1 aromatic rings.